The molecule has 0 rings (SSSR count). The Bertz CT molecular complexity index is 134. The first-order valence-electron chi connectivity index (χ1n) is 4.96. The van der Waals surface area contributed by atoms with Crippen molar-refractivity contribution in [3.8, 4) is 0 Å². The number of hydrogen-bond acceptors (Lipinski definition) is 3. The zero-order valence-corrected chi connectivity index (χ0v) is 8.84. The van der Waals surface area contributed by atoms with E-state index < -0.39 is 0 Å². The molecule has 0 aromatic carbocycles. The molecule has 78 valence electrons. The Hall–Kier alpha value is -0.570. The fourth-order valence-electron chi connectivity index (χ4n) is 1.04. The van der Waals surface area contributed by atoms with Crippen molar-refractivity contribution in [2.45, 2.75) is 33.6 Å². The summed E-state index contributed by atoms with van der Waals surface area (Å²) in [6, 6.07) is 0. The maximum Gasteiger partial charge on any atom is 0.308 e. The Kier molecular flexibility index (Phi) is 7.69. The van der Waals surface area contributed by atoms with Crippen LogP contribution in [-0.2, 0) is 14.3 Å². The third-order valence-corrected chi connectivity index (χ3v) is 1.80. The maximum absolute atomic E-state index is 11.2. The number of carbonyl (C=O) groups is 1. The fourth-order valence-corrected chi connectivity index (χ4v) is 1.04. The minimum absolute atomic E-state index is 0.0200. The highest BCUT2D eigenvalue weighted by Gasteiger charge is 2.12. The lowest BCUT2D eigenvalue weighted by Gasteiger charge is -2.09. The first-order valence-corrected chi connectivity index (χ1v) is 4.96. The lowest BCUT2D eigenvalue weighted by Crippen LogP contribution is -2.17. The maximum atomic E-state index is 11.2. The smallest absolute Gasteiger partial charge is 0.308 e. The van der Waals surface area contributed by atoms with Gasteiger partial charge in [0.15, 0.2) is 0 Å². The number of esters is 1. The quantitative estimate of drug-likeness (QED) is 0.453. The van der Waals surface area contributed by atoms with Gasteiger partial charge in [0, 0.05) is 6.61 Å². The number of hydrogen-bond donors (Lipinski definition) is 0. The van der Waals surface area contributed by atoms with Crippen molar-refractivity contribution in [3.05, 3.63) is 0 Å². The molecular formula is C10H20O3. The van der Waals surface area contributed by atoms with Crippen LogP contribution in [0.15, 0.2) is 0 Å². The topological polar surface area (TPSA) is 35.5 Å². The van der Waals surface area contributed by atoms with Gasteiger partial charge in [0.2, 0.25) is 0 Å². The lowest BCUT2D eigenvalue weighted by molar-refractivity contribution is -0.149. The van der Waals surface area contributed by atoms with E-state index >= 15 is 0 Å². The molecular weight excluding hydrogens is 168 g/mol. The van der Waals surface area contributed by atoms with Gasteiger partial charge >= 0.3 is 5.97 Å². The number of carbonyl (C=O) groups excluding carboxylic acids is 1. The van der Waals surface area contributed by atoms with E-state index in [1.54, 1.807) is 0 Å². The first kappa shape index (κ1) is 12.4. The predicted molar refractivity (Wildman–Crippen MR) is 51.5 cm³/mol. The molecule has 0 amide bonds. The molecule has 3 heteroatoms. The van der Waals surface area contributed by atoms with Crippen LogP contribution >= 0.6 is 0 Å². The molecule has 0 saturated carbocycles. The van der Waals surface area contributed by atoms with Crippen LogP contribution in [0.25, 0.3) is 0 Å². The molecule has 3 nitrogen and oxygen atoms in total. The van der Waals surface area contributed by atoms with E-state index in [0.717, 1.165) is 12.8 Å². The van der Waals surface area contributed by atoms with E-state index in [9.17, 15) is 4.79 Å². The summed E-state index contributed by atoms with van der Waals surface area (Å²) >= 11 is 0. The Labute approximate surface area is 80.4 Å². The summed E-state index contributed by atoms with van der Waals surface area (Å²) in [5.41, 5.74) is 0. The van der Waals surface area contributed by atoms with E-state index in [1.807, 2.05) is 13.8 Å². The minimum atomic E-state index is -0.110. The summed E-state index contributed by atoms with van der Waals surface area (Å²) in [5.74, 6) is -0.0896. The molecule has 0 N–H and O–H groups in total. The van der Waals surface area contributed by atoms with Crippen molar-refractivity contribution < 1.29 is 14.3 Å². The van der Waals surface area contributed by atoms with Crippen LogP contribution < -0.4 is 0 Å². The van der Waals surface area contributed by atoms with Gasteiger partial charge in [-0.3, -0.25) is 4.79 Å². The van der Waals surface area contributed by atoms with Gasteiger partial charge < -0.3 is 9.47 Å². The first-order chi connectivity index (χ1) is 6.22. The van der Waals surface area contributed by atoms with E-state index in [1.165, 1.54) is 0 Å². The molecule has 0 saturated heterocycles. The standard InChI is InChI=1S/C10H20O3/c1-4-6-9(3)10(11)13-8-7-12-5-2/h9H,4-8H2,1-3H3/t9-/m0/s1. The highest BCUT2D eigenvalue weighted by molar-refractivity contribution is 5.71. The Morgan fingerprint density at radius 3 is 2.54 bits per heavy atom. The normalized spacial score (nSPS) is 12.5. The highest BCUT2D eigenvalue weighted by Crippen LogP contribution is 2.06. The average Bonchev–Trinajstić information content (AvgIpc) is 2.12. The van der Waals surface area contributed by atoms with Crippen LogP contribution in [0.3, 0.4) is 0 Å². The summed E-state index contributed by atoms with van der Waals surface area (Å²) in [4.78, 5) is 11.2. The van der Waals surface area contributed by atoms with E-state index in [2.05, 4.69) is 6.92 Å². The van der Waals surface area contributed by atoms with Crippen molar-refractivity contribution in [3.63, 3.8) is 0 Å². The molecule has 13 heavy (non-hydrogen) atoms. The molecule has 0 aliphatic rings. The monoisotopic (exact) mass is 188 g/mol. The second-order valence-corrected chi connectivity index (χ2v) is 3.05. The number of ether oxygens (including phenoxy) is 2. The van der Waals surface area contributed by atoms with E-state index in [4.69, 9.17) is 9.47 Å². The molecule has 0 aromatic rings. The van der Waals surface area contributed by atoms with Gasteiger partial charge in [0.25, 0.3) is 0 Å². The Morgan fingerprint density at radius 2 is 2.00 bits per heavy atom. The fraction of sp³-hybridized carbons (Fsp3) is 0.900. The molecule has 0 fully saturated rings. The summed E-state index contributed by atoms with van der Waals surface area (Å²) in [7, 11) is 0. The Morgan fingerprint density at radius 1 is 1.31 bits per heavy atom. The Balaban J connectivity index is 3.38. The number of rotatable bonds is 7. The van der Waals surface area contributed by atoms with Crippen LogP contribution in [0.1, 0.15) is 33.6 Å². The van der Waals surface area contributed by atoms with Crippen LogP contribution in [0.5, 0.6) is 0 Å². The molecule has 0 unspecified atom stereocenters. The SMILES string of the molecule is CCC[C@H](C)C(=O)OCCOCC. The average molecular weight is 188 g/mol. The van der Waals surface area contributed by atoms with Gasteiger partial charge in [-0.25, -0.2) is 0 Å². The summed E-state index contributed by atoms with van der Waals surface area (Å²) in [5, 5.41) is 0. The van der Waals surface area contributed by atoms with Crippen LogP contribution in [0.4, 0.5) is 0 Å². The molecule has 1 atom stereocenters. The molecule has 0 aliphatic heterocycles. The molecule has 0 spiro atoms. The van der Waals surface area contributed by atoms with Crippen LogP contribution in [0, 0.1) is 5.92 Å². The van der Waals surface area contributed by atoms with E-state index in [-0.39, 0.29) is 11.9 Å². The minimum Gasteiger partial charge on any atom is -0.463 e. The van der Waals surface area contributed by atoms with Crippen molar-refractivity contribution in [1.82, 2.24) is 0 Å². The molecule has 0 heterocycles. The third-order valence-electron chi connectivity index (χ3n) is 1.80. The van der Waals surface area contributed by atoms with Gasteiger partial charge in [-0.1, -0.05) is 20.3 Å². The predicted octanol–water partition coefficient (Wildman–Crippen LogP) is 2.00. The van der Waals surface area contributed by atoms with Gasteiger partial charge in [0.05, 0.1) is 12.5 Å². The zero-order valence-electron chi connectivity index (χ0n) is 8.84. The molecule has 0 aromatic heterocycles. The van der Waals surface area contributed by atoms with E-state index in [0.29, 0.717) is 19.8 Å². The van der Waals surface area contributed by atoms with Crippen LogP contribution in [-0.4, -0.2) is 25.8 Å². The lowest BCUT2D eigenvalue weighted by atomic mass is 10.1. The van der Waals surface area contributed by atoms with Gasteiger partial charge in [-0.15, -0.1) is 0 Å². The highest BCUT2D eigenvalue weighted by atomic mass is 16.6. The van der Waals surface area contributed by atoms with Gasteiger partial charge in [-0.2, -0.15) is 0 Å². The van der Waals surface area contributed by atoms with Gasteiger partial charge in [-0.05, 0) is 13.3 Å². The summed E-state index contributed by atoms with van der Waals surface area (Å²) < 4.78 is 10.0. The third kappa shape index (κ3) is 6.58. The molecule has 0 aliphatic carbocycles. The van der Waals surface area contributed by atoms with Crippen molar-refractivity contribution in [1.29, 1.82) is 0 Å². The second kappa shape index (κ2) is 8.05. The molecule has 0 radical (unpaired) electrons. The largest absolute Gasteiger partial charge is 0.463 e. The summed E-state index contributed by atoms with van der Waals surface area (Å²) in [6.07, 6.45) is 1.91. The second-order valence-electron chi connectivity index (χ2n) is 3.05. The van der Waals surface area contributed by atoms with Crippen LogP contribution in [0.2, 0.25) is 0 Å². The summed E-state index contributed by atoms with van der Waals surface area (Å²) in [6.45, 7) is 7.42. The molecule has 0 bridgehead atoms. The zero-order chi connectivity index (χ0) is 10.1. The van der Waals surface area contributed by atoms with Crippen molar-refractivity contribution >= 4 is 5.97 Å². The van der Waals surface area contributed by atoms with Gasteiger partial charge in [0.1, 0.15) is 6.61 Å². The van der Waals surface area contributed by atoms with Crippen molar-refractivity contribution in [2.75, 3.05) is 19.8 Å². The van der Waals surface area contributed by atoms with Crippen molar-refractivity contribution in [2.24, 2.45) is 5.92 Å².